The number of amidine groups is 1. The van der Waals surface area contributed by atoms with Gasteiger partial charge in [-0.3, -0.25) is 4.98 Å². The Bertz CT molecular complexity index is 592. The van der Waals surface area contributed by atoms with Gasteiger partial charge in [-0.15, -0.1) is 4.40 Å². The van der Waals surface area contributed by atoms with Gasteiger partial charge < -0.3 is 9.64 Å². The zero-order chi connectivity index (χ0) is 13.3. The van der Waals surface area contributed by atoms with E-state index in [2.05, 4.69) is 9.38 Å². The summed E-state index contributed by atoms with van der Waals surface area (Å²) in [6, 6.07) is 0. The minimum Gasteiger partial charge on any atom is -0.494 e. The molecule has 0 amide bonds. The SMILES string of the molecule is CCN(CC)C1=NS(=O)(=O)c2cncc(OC)c21. The number of methoxy groups -OCH3 is 1. The lowest BCUT2D eigenvalue weighted by Crippen LogP contribution is -2.30. The van der Waals surface area contributed by atoms with E-state index in [1.165, 1.54) is 19.5 Å². The summed E-state index contributed by atoms with van der Waals surface area (Å²) in [7, 11) is -2.16. The smallest absolute Gasteiger partial charge is 0.286 e. The third kappa shape index (κ3) is 1.84. The second kappa shape index (κ2) is 4.56. The highest BCUT2D eigenvalue weighted by Gasteiger charge is 2.34. The number of fused-ring (bicyclic) bond motifs is 1. The Kier molecular flexibility index (Phi) is 3.25. The fraction of sp³-hybridized carbons (Fsp3) is 0.455. The molecule has 0 fully saturated rings. The van der Waals surface area contributed by atoms with Crippen LogP contribution in [-0.4, -0.2) is 44.3 Å². The van der Waals surface area contributed by atoms with E-state index in [1.807, 2.05) is 18.7 Å². The Labute approximate surface area is 106 Å². The Hall–Kier alpha value is -1.63. The molecule has 0 atom stereocenters. The number of hydrogen-bond acceptors (Lipinski definition) is 5. The summed E-state index contributed by atoms with van der Waals surface area (Å²) in [5.74, 6) is 0.869. The van der Waals surface area contributed by atoms with Gasteiger partial charge in [-0.2, -0.15) is 8.42 Å². The summed E-state index contributed by atoms with van der Waals surface area (Å²) >= 11 is 0. The van der Waals surface area contributed by atoms with Crippen LogP contribution in [-0.2, 0) is 10.0 Å². The van der Waals surface area contributed by atoms with Crippen molar-refractivity contribution >= 4 is 15.9 Å². The molecule has 0 aliphatic carbocycles. The molecule has 0 spiro atoms. The molecule has 1 aromatic heterocycles. The molecule has 0 saturated carbocycles. The van der Waals surface area contributed by atoms with E-state index in [9.17, 15) is 8.42 Å². The van der Waals surface area contributed by atoms with Gasteiger partial charge >= 0.3 is 0 Å². The van der Waals surface area contributed by atoms with Crippen LogP contribution in [0.3, 0.4) is 0 Å². The Morgan fingerprint density at radius 2 is 1.94 bits per heavy atom. The van der Waals surface area contributed by atoms with Gasteiger partial charge in [0.15, 0.2) is 5.84 Å². The van der Waals surface area contributed by atoms with Crippen LogP contribution in [0.5, 0.6) is 5.75 Å². The van der Waals surface area contributed by atoms with Gasteiger partial charge in [-0.25, -0.2) is 0 Å². The second-order valence-corrected chi connectivity index (χ2v) is 5.35. The molecular formula is C11H15N3O3S. The lowest BCUT2D eigenvalue weighted by molar-refractivity contribution is 0.406. The zero-order valence-corrected chi connectivity index (χ0v) is 11.4. The molecule has 0 N–H and O–H groups in total. The summed E-state index contributed by atoms with van der Waals surface area (Å²) in [5, 5.41) is 0. The average Bonchev–Trinajstić information content (AvgIpc) is 2.64. The number of ether oxygens (including phenoxy) is 1. The van der Waals surface area contributed by atoms with Gasteiger partial charge in [0.2, 0.25) is 0 Å². The van der Waals surface area contributed by atoms with Gasteiger partial charge in [0.25, 0.3) is 10.0 Å². The number of aromatic nitrogens is 1. The Morgan fingerprint density at radius 3 is 2.50 bits per heavy atom. The number of rotatable bonds is 3. The van der Waals surface area contributed by atoms with Crippen LogP contribution in [0.4, 0.5) is 0 Å². The summed E-state index contributed by atoms with van der Waals surface area (Å²) < 4.78 is 32.9. The van der Waals surface area contributed by atoms with E-state index in [-0.39, 0.29) is 4.90 Å². The Balaban J connectivity index is 2.68. The largest absolute Gasteiger partial charge is 0.494 e. The molecule has 7 heteroatoms. The zero-order valence-electron chi connectivity index (χ0n) is 10.5. The van der Waals surface area contributed by atoms with Crippen LogP contribution >= 0.6 is 0 Å². The maximum Gasteiger partial charge on any atom is 0.286 e. The maximum absolute atomic E-state index is 12.0. The fourth-order valence-electron chi connectivity index (χ4n) is 1.94. The lowest BCUT2D eigenvalue weighted by atomic mass is 10.2. The summed E-state index contributed by atoms with van der Waals surface area (Å²) in [4.78, 5) is 5.87. The highest BCUT2D eigenvalue weighted by Crippen LogP contribution is 2.33. The van der Waals surface area contributed by atoms with Crippen LogP contribution in [0.1, 0.15) is 19.4 Å². The lowest BCUT2D eigenvalue weighted by Gasteiger charge is -2.21. The maximum atomic E-state index is 12.0. The van der Waals surface area contributed by atoms with E-state index >= 15 is 0 Å². The number of nitrogens with zero attached hydrogens (tertiary/aromatic N) is 3. The van der Waals surface area contributed by atoms with Crippen molar-refractivity contribution in [3.63, 3.8) is 0 Å². The topological polar surface area (TPSA) is 71.9 Å². The molecule has 0 radical (unpaired) electrons. The van der Waals surface area contributed by atoms with E-state index in [4.69, 9.17) is 4.74 Å². The standard InChI is InChI=1S/C11H15N3O3S/c1-4-14(5-2)11-10-8(17-3)6-12-7-9(10)18(15,16)13-11/h6-7H,4-5H2,1-3H3. The third-order valence-electron chi connectivity index (χ3n) is 2.87. The number of pyridine rings is 1. The summed E-state index contributed by atoms with van der Waals surface area (Å²) in [5.41, 5.74) is 0.510. The van der Waals surface area contributed by atoms with Crippen molar-refractivity contribution < 1.29 is 13.2 Å². The van der Waals surface area contributed by atoms with Crippen molar-refractivity contribution in [1.82, 2.24) is 9.88 Å². The third-order valence-corrected chi connectivity index (χ3v) is 4.15. The summed E-state index contributed by atoms with van der Waals surface area (Å²) in [6.07, 6.45) is 2.81. The van der Waals surface area contributed by atoms with Gasteiger partial charge in [0.1, 0.15) is 10.6 Å². The quantitative estimate of drug-likeness (QED) is 0.814. The summed E-state index contributed by atoms with van der Waals surface area (Å²) in [6.45, 7) is 5.25. The molecule has 0 aromatic carbocycles. The van der Waals surface area contributed by atoms with E-state index in [1.54, 1.807) is 0 Å². The van der Waals surface area contributed by atoms with Crippen molar-refractivity contribution in [3.8, 4) is 5.75 Å². The first kappa shape index (κ1) is 12.8. The molecule has 2 rings (SSSR count). The highest BCUT2D eigenvalue weighted by molar-refractivity contribution is 7.90. The van der Waals surface area contributed by atoms with Gasteiger partial charge in [-0.1, -0.05) is 0 Å². The van der Waals surface area contributed by atoms with E-state index in [0.29, 0.717) is 30.2 Å². The van der Waals surface area contributed by atoms with Crippen molar-refractivity contribution in [2.24, 2.45) is 4.40 Å². The molecule has 0 bridgehead atoms. The first-order valence-corrected chi connectivity index (χ1v) is 7.11. The first-order valence-electron chi connectivity index (χ1n) is 5.67. The molecule has 2 heterocycles. The number of sulfonamides is 1. The molecular weight excluding hydrogens is 254 g/mol. The average molecular weight is 269 g/mol. The first-order chi connectivity index (χ1) is 8.55. The fourth-order valence-corrected chi connectivity index (χ4v) is 3.12. The Morgan fingerprint density at radius 1 is 1.28 bits per heavy atom. The van der Waals surface area contributed by atoms with Crippen molar-refractivity contribution in [2.45, 2.75) is 18.7 Å². The van der Waals surface area contributed by atoms with Crippen LogP contribution in [0, 0.1) is 0 Å². The predicted octanol–water partition coefficient (Wildman–Crippen LogP) is 0.881. The molecule has 1 aliphatic rings. The van der Waals surface area contributed by atoms with E-state index in [0.717, 1.165) is 0 Å². The van der Waals surface area contributed by atoms with Gasteiger partial charge in [-0.05, 0) is 13.8 Å². The van der Waals surface area contributed by atoms with Gasteiger partial charge in [0.05, 0.1) is 18.9 Å². The molecule has 0 unspecified atom stereocenters. The molecule has 0 saturated heterocycles. The monoisotopic (exact) mass is 269 g/mol. The van der Waals surface area contributed by atoms with Crippen molar-refractivity contribution in [2.75, 3.05) is 20.2 Å². The second-order valence-electron chi connectivity index (χ2n) is 3.78. The normalized spacial score (nSPS) is 16.1. The highest BCUT2D eigenvalue weighted by atomic mass is 32.2. The van der Waals surface area contributed by atoms with E-state index < -0.39 is 10.0 Å². The molecule has 1 aliphatic heterocycles. The minimum atomic E-state index is -3.65. The van der Waals surface area contributed by atoms with Gasteiger partial charge in [0, 0.05) is 19.3 Å². The van der Waals surface area contributed by atoms with Crippen molar-refractivity contribution in [3.05, 3.63) is 18.0 Å². The predicted molar refractivity (Wildman–Crippen MR) is 67.4 cm³/mol. The number of hydrogen-bond donors (Lipinski definition) is 0. The molecule has 1 aromatic rings. The van der Waals surface area contributed by atoms with Crippen LogP contribution in [0.2, 0.25) is 0 Å². The van der Waals surface area contributed by atoms with Crippen LogP contribution in [0.25, 0.3) is 0 Å². The minimum absolute atomic E-state index is 0.115. The van der Waals surface area contributed by atoms with Crippen LogP contribution < -0.4 is 4.74 Å². The molecule has 18 heavy (non-hydrogen) atoms. The molecule has 6 nitrogen and oxygen atoms in total. The van der Waals surface area contributed by atoms with Crippen molar-refractivity contribution in [1.29, 1.82) is 0 Å². The van der Waals surface area contributed by atoms with Crippen LogP contribution in [0.15, 0.2) is 21.7 Å². The molecule has 98 valence electrons.